The number of halogens is 3. The van der Waals surface area contributed by atoms with Gasteiger partial charge >= 0.3 is 18.3 Å². The number of amides is 6. The summed E-state index contributed by atoms with van der Waals surface area (Å²) < 4.78 is 74.7. The molecule has 0 aromatic heterocycles. The average molecular weight is 765 g/mol. The summed E-state index contributed by atoms with van der Waals surface area (Å²) in [6, 6.07) is 0.865. The third-order valence-electron chi connectivity index (χ3n) is 10.4. The highest BCUT2D eigenvalue weighted by atomic mass is 32.2. The number of nitrogens with zero attached hydrogens (tertiary/aromatic N) is 2. The molecule has 288 valence electrons. The molecule has 53 heavy (non-hydrogen) atoms. The zero-order valence-corrected chi connectivity index (χ0v) is 30.1. The maximum absolute atomic E-state index is 14.0. The van der Waals surface area contributed by atoms with Crippen LogP contribution in [0.25, 0.3) is 6.08 Å². The van der Waals surface area contributed by atoms with Gasteiger partial charge in [0.05, 0.1) is 24.8 Å². The van der Waals surface area contributed by atoms with E-state index in [1.165, 1.54) is 11.0 Å². The van der Waals surface area contributed by atoms with Gasteiger partial charge < -0.3 is 25.6 Å². The van der Waals surface area contributed by atoms with Gasteiger partial charge in [-0.05, 0) is 62.6 Å². The summed E-state index contributed by atoms with van der Waals surface area (Å²) in [7, 11) is -4.01. The third kappa shape index (κ3) is 8.47. The maximum atomic E-state index is 14.0. The van der Waals surface area contributed by atoms with Crippen molar-refractivity contribution < 1.29 is 50.3 Å². The minimum Gasteiger partial charge on any atom is -0.444 e. The van der Waals surface area contributed by atoms with Crippen LogP contribution in [0.5, 0.6) is 0 Å². The monoisotopic (exact) mass is 764 g/mol. The SMILES string of the molecule is C=C[C@H]1C[C@]1(NC(=O)[C@@H]1C[C@@H]2CN1C(=O)[C@H](CC(F)(F)F)NC(=O)NC(C)(C)CC/C=C/c1cccc3c1CN(C3)C(=O)O2)C(=O)NS(=O)(=O)C1CC1. The fourth-order valence-corrected chi connectivity index (χ4v) is 8.56. The van der Waals surface area contributed by atoms with Crippen molar-refractivity contribution in [2.45, 2.75) is 113 Å². The van der Waals surface area contributed by atoms with Crippen molar-refractivity contribution in [2.75, 3.05) is 6.54 Å². The van der Waals surface area contributed by atoms with Gasteiger partial charge in [0.1, 0.15) is 23.7 Å². The van der Waals surface area contributed by atoms with Crippen molar-refractivity contribution in [3.8, 4) is 0 Å². The molecule has 2 aliphatic carbocycles. The number of carbonyl (C=O) groups is 5. The Morgan fingerprint density at radius 2 is 1.89 bits per heavy atom. The third-order valence-corrected chi connectivity index (χ3v) is 12.2. The van der Waals surface area contributed by atoms with Crippen molar-refractivity contribution in [1.82, 2.24) is 30.5 Å². The fourth-order valence-electron chi connectivity index (χ4n) is 7.19. The second-order valence-electron chi connectivity index (χ2n) is 15.1. The summed E-state index contributed by atoms with van der Waals surface area (Å²) in [5.74, 6) is -3.94. The van der Waals surface area contributed by atoms with Crippen molar-refractivity contribution >= 4 is 45.9 Å². The van der Waals surface area contributed by atoms with Gasteiger partial charge in [-0.25, -0.2) is 18.0 Å². The molecule has 3 aliphatic heterocycles. The van der Waals surface area contributed by atoms with Crippen LogP contribution in [0.3, 0.4) is 0 Å². The topological polar surface area (TPSA) is 183 Å². The van der Waals surface area contributed by atoms with Crippen molar-refractivity contribution in [3.63, 3.8) is 0 Å². The van der Waals surface area contributed by atoms with Crippen LogP contribution in [0, 0.1) is 5.92 Å². The van der Waals surface area contributed by atoms with E-state index in [0.29, 0.717) is 25.7 Å². The van der Waals surface area contributed by atoms with Crippen LogP contribution in [-0.2, 0) is 42.2 Å². The van der Waals surface area contributed by atoms with Gasteiger partial charge in [-0.15, -0.1) is 6.58 Å². The number of sulfonamides is 1. The largest absolute Gasteiger partial charge is 0.444 e. The number of allylic oxidation sites excluding steroid dienone is 1. The van der Waals surface area contributed by atoms with E-state index in [9.17, 15) is 45.6 Å². The van der Waals surface area contributed by atoms with E-state index < -0.39 is 99.4 Å². The zero-order chi connectivity index (χ0) is 38.5. The molecule has 6 amide bonds. The van der Waals surface area contributed by atoms with E-state index in [1.807, 2.05) is 35.1 Å². The lowest BCUT2D eigenvalue weighted by Gasteiger charge is -2.31. The number of benzene rings is 1. The van der Waals surface area contributed by atoms with Gasteiger partial charge in [-0.1, -0.05) is 36.4 Å². The first-order valence-electron chi connectivity index (χ1n) is 17.5. The van der Waals surface area contributed by atoms with Gasteiger partial charge in [-0.3, -0.25) is 24.0 Å². The highest BCUT2D eigenvalue weighted by Gasteiger charge is 2.62. The smallest absolute Gasteiger partial charge is 0.410 e. The van der Waals surface area contributed by atoms with Gasteiger partial charge in [-0.2, -0.15) is 13.2 Å². The first-order valence-corrected chi connectivity index (χ1v) is 19.0. The molecular formula is C35H43F3N6O8S. The summed E-state index contributed by atoms with van der Waals surface area (Å²) in [6.45, 7) is 6.96. The number of urea groups is 1. The van der Waals surface area contributed by atoms with Crippen LogP contribution in [-0.4, -0.2) is 95.3 Å². The van der Waals surface area contributed by atoms with E-state index in [1.54, 1.807) is 13.8 Å². The first kappa shape index (κ1) is 38.1. The molecule has 1 saturated heterocycles. The molecule has 4 bridgehead atoms. The molecular weight excluding hydrogens is 721 g/mol. The van der Waals surface area contributed by atoms with Crippen LogP contribution in [0.1, 0.15) is 75.5 Å². The van der Waals surface area contributed by atoms with Crippen LogP contribution in [0.2, 0.25) is 0 Å². The normalized spacial score (nSPS) is 29.4. The van der Waals surface area contributed by atoms with E-state index in [0.717, 1.165) is 21.6 Å². The molecule has 18 heteroatoms. The Labute approximate surface area is 305 Å². The van der Waals surface area contributed by atoms with Crippen molar-refractivity contribution in [2.24, 2.45) is 5.92 Å². The van der Waals surface area contributed by atoms with E-state index >= 15 is 0 Å². The molecule has 1 aromatic rings. The lowest BCUT2D eigenvalue weighted by Crippen LogP contribution is -2.60. The Morgan fingerprint density at radius 1 is 1.15 bits per heavy atom. The lowest BCUT2D eigenvalue weighted by atomic mass is 9.97. The molecule has 2 saturated carbocycles. The number of nitrogens with one attached hydrogen (secondary N) is 4. The van der Waals surface area contributed by atoms with Crippen LogP contribution in [0.4, 0.5) is 22.8 Å². The van der Waals surface area contributed by atoms with Gasteiger partial charge in [0.25, 0.3) is 5.91 Å². The average Bonchev–Trinajstić information content (AvgIpc) is 3.95. The molecule has 14 nitrogen and oxygen atoms in total. The maximum Gasteiger partial charge on any atom is 0.410 e. The Hall–Kier alpha value is -4.61. The molecule has 0 spiro atoms. The van der Waals surface area contributed by atoms with Gasteiger partial charge in [0, 0.05) is 24.4 Å². The Kier molecular flexibility index (Phi) is 10.1. The van der Waals surface area contributed by atoms with E-state index in [4.69, 9.17) is 4.74 Å². The second-order valence-corrected chi connectivity index (χ2v) is 17.0. The highest BCUT2D eigenvalue weighted by molar-refractivity contribution is 7.91. The zero-order valence-electron chi connectivity index (χ0n) is 29.3. The molecule has 5 aliphatic rings. The number of ether oxygens (including phenoxy) is 1. The minimum atomic E-state index is -4.92. The second kappa shape index (κ2) is 14.0. The molecule has 0 unspecified atom stereocenters. The van der Waals surface area contributed by atoms with Crippen LogP contribution in [0.15, 0.2) is 36.9 Å². The summed E-state index contributed by atoms with van der Waals surface area (Å²) in [4.78, 5) is 70.2. The number of hydrogen-bond donors (Lipinski definition) is 4. The number of carbonyl (C=O) groups excluding carboxylic acids is 5. The Balaban J connectivity index is 1.30. The molecule has 4 N–H and O–H groups in total. The number of alkyl halides is 3. The minimum absolute atomic E-state index is 0.0196. The summed E-state index contributed by atoms with van der Waals surface area (Å²) in [5.41, 5.74) is 0.0101. The van der Waals surface area contributed by atoms with Crippen molar-refractivity contribution in [3.05, 3.63) is 53.6 Å². The van der Waals surface area contributed by atoms with Crippen LogP contribution >= 0.6 is 0 Å². The highest BCUT2D eigenvalue weighted by Crippen LogP contribution is 2.45. The Morgan fingerprint density at radius 3 is 2.55 bits per heavy atom. The van der Waals surface area contributed by atoms with Gasteiger partial charge in [0.2, 0.25) is 21.8 Å². The number of hydrogen-bond acceptors (Lipinski definition) is 8. The fraction of sp³-hybridized carbons (Fsp3) is 0.571. The lowest BCUT2D eigenvalue weighted by molar-refractivity contribution is -0.155. The number of fused-ring (bicyclic) bond motifs is 3. The molecule has 3 heterocycles. The van der Waals surface area contributed by atoms with Crippen LogP contribution < -0.4 is 20.7 Å². The quantitative estimate of drug-likeness (QED) is 0.306. The standard InChI is InChI=1S/C35H43F3N6O8S/c1-4-22-15-34(22,30(47)42-53(50,51)24-11-12-24)40-28(45)27-14-23-18-44(27)29(46)26(16-35(36,37)38)39-31(48)41-33(2,3)13-6-5-8-20-9-7-10-21-17-43(19-25(20)21)32(49)52-23/h4-5,7-10,22-24,26-27H,1,6,11-19H2,2-3H3,(H,40,45)(H,42,47)(H2,39,41,48)/b8-5+/t22-,23+,26-,27-,34+/m0/s1. The first-order chi connectivity index (χ1) is 24.8. The van der Waals surface area contributed by atoms with E-state index in [2.05, 4.69) is 22.5 Å². The molecule has 6 rings (SSSR count). The predicted octanol–water partition coefficient (Wildman–Crippen LogP) is 2.98. The number of rotatable bonds is 7. The Bertz CT molecular complexity index is 1850. The van der Waals surface area contributed by atoms with Crippen molar-refractivity contribution in [1.29, 1.82) is 0 Å². The summed E-state index contributed by atoms with van der Waals surface area (Å²) in [5, 5.41) is 6.58. The molecule has 0 radical (unpaired) electrons. The molecule has 3 fully saturated rings. The molecule has 1 aromatic carbocycles. The summed E-state index contributed by atoms with van der Waals surface area (Å²) >= 11 is 0. The van der Waals surface area contributed by atoms with E-state index in [-0.39, 0.29) is 25.9 Å². The summed E-state index contributed by atoms with van der Waals surface area (Å²) in [6.07, 6.45) is -2.21. The van der Waals surface area contributed by atoms with Gasteiger partial charge in [0.15, 0.2) is 0 Å². The predicted molar refractivity (Wildman–Crippen MR) is 184 cm³/mol. The molecule has 5 atom stereocenters.